The fourth-order valence-corrected chi connectivity index (χ4v) is 6.07. The SMILES string of the molecule is CCc1ccc2nc(NC(=O)C34CCC(=O)N3c3ccccc3S4)sc2c1. The minimum atomic E-state index is -0.910. The van der Waals surface area contributed by atoms with E-state index in [-0.39, 0.29) is 11.8 Å². The first-order valence-corrected chi connectivity index (χ1v) is 10.6. The van der Waals surface area contributed by atoms with Crippen LogP contribution in [0.4, 0.5) is 10.8 Å². The molecule has 0 spiro atoms. The molecule has 1 atom stereocenters. The summed E-state index contributed by atoms with van der Waals surface area (Å²) in [6, 6.07) is 13.9. The van der Waals surface area contributed by atoms with E-state index < -0.39 is 4.87 Å². The molecule has 1 unspecified atom stereocenters. The largest absolute Gasteiger partial charge is 0.299 e. The summed E-state index contributed by atoms with van der Waals surface area (Å²) in [5.41, 5.74) is 2.96. The van der Waals surface area contributed by atoms with Crippen molar-refractivity contribution >= 4 is 55.9 Å². The first-order chi connectivity index (χ1) is 13.1. The highest BCUT2D eigenvalue weighted by Crippen LogP contribution is 2.56. The Hall–Kier alpha value is -2.38. The van der Waals surface area contributed by atoms with Crippen LogP contribution in [-0.4, -0.2) is 21.7 Å². The second-order valence-electron chi connectivity index (χ2n) is 6.71. The third-order valence-corrected chi connectivity index (χ3v) is 7.52. The zero-order chi connectivity index (χ0) is 18.6. The third kappa shape index (κ3) is 2.49. The number of hydrogen-bond donors (Lipinski definition) is 1. The second-order valence-corrected chi connectivity index (χ2v) is 9.06. The monoisotopic (exact) mass is 395 g/mol. The minimum Gasteiger partial charge on any atom is -0.299 e. The number of thiazole rings is 1. The molecule has 1 saturated heterocycles. The van der Waals surface area contributed by atoms with Crippen molar-refractivity contribution in [1.29, 1.82) is 0 Å². The predicted molar refractivity (Wildman–Crippen MR) is 109 cm³/mol. The molecule has 2 aliphatic rings. The van der Waals surface area contributed by atoms with Crippen molar-refractivity contribution in [2.24, 2.45) is 0 Å². The van der Waals surface area contributed by atoms with Gasteiger partial charge in [0.2, 0.25) is 5.91 Å². The molecule has 0 saturated carbocycles. The molecule has 3 aromatic rings. The number of nitrogens with zero attached hydrogens (tertiary/aromatic N) is 2. The first-order valence-electron chi connectivity index (χ1n) is 8.93. The van der Waals surface area contributed by atoms with E-state index in [1.54, 1.807) is 4.90 Å². The Labute approximate surface area is 164 Å². The molecule has 1 N–H and O–H groups in total. The van der Waals surface area contributed by atoms with Crippen LogP contribution >= 0.6 is 23.1 Å². The van der Waals surface area contributed by atoms with Gasteiger partial charge in [0.25, 0.3) is 5.91 Å². The van der Waals surface area contributed by atoms with E-state index in [9.17, 15) is 9.59 Å². The summed E-state index contributed by atoms with van der Waals surface area (Å²) in [4.78, 5) is 32.1. The van der Waals surface area contributed by atoms with Crippen LogP contribution in [0.2, 0.25) is 0 Å². The minimum absolute atomic E-state index is 0.000475. The molecule has 0 aliphatic carbocycles. The van der Waals surface area contributed by atoms with E-state index in [1.807, 2.05) is 30.3 Å². The lowest BCUT2D eigenvalue weighted by molar-refractivity contribution is -0.121. The number of nitrogens with one attached hydrogen (secondary N) is 1. The standard InChI is InChI=1S/C20H17N3O2S2/c1-2-12-7-8-13-16(11-12)26-19(21-13)22-18(25)20-10-9-17(24)23(20)14-5-3-4-6-15(14)27-20/h3-8,11H,2,9-10H2,1H3,(H,21,22,25). The second kappa shape index (κ2) is 6.07. The number of fused-ring (bicyclic) bond motifs is 4. The maximum absolute atomic E-state index is 13.3. The summed E-state index contributed by atoms with van der Waals surface area (Å²) in [7, 11) is 0. The van der Waals surface area contributed by atoms with Gasteiger partial charge in [-0.25, -0.2) is 4.98 Å². The Bertz CT molecular complexity index is 1090. The molecule has 7 heteroatoms. The fraction of sp³-hybridized carbons (Fsp3) is 0.250. The molecule has 0 radical (unpaired) electrons. The molecule has 2 aromatic carbocycles. The normalized spacial score (nSPS) is 20.8. The quantitative estimate of drug-likeness (QED) is 0.713. The van der Waals surface area contributed by atoms with Crippen molar-refractivity contribution < 1.29 is 9.59 Å². The number of anilines is 2. The van der Waals surface area contributed by atoms with Gasteiger partial charge in [-0.2, -0.15) is 0 Å². The topological polar surface area (TPSA) is 62.3 Å². The van der Waals surface area contributed by atoms with Crippen LogP contribution in [0.15, 0.2) is 47.4 Å². The van der Waals surface area contributed by atoms with Crippen LogP contribution in [0, 0.1) is 0 Å². The molecule has 136 valence electrons. The maximum Gasteiger partial charge on any atom is 0.263 e. The summed E-state index contributed by atoms with van der Waals surface area (Å²) >= 11 is 2.94. The molecule has 1 aromatic heterocycles. The number of carbonyl (C=O) groups excluding carboxylic acids is 2. The van der Waals surface area contributed by atoms with Gasteiger partial charge in [-0.1, -0.05) is 48.2 Å². The average molecular weight is 396 g/mol. The fourth-order valence-electron chi connectivity index (χ4n) is 3.74. The van der Waals surface area contributed by atoms with Crippen molar-refractivity contribution in [3.63, 3.8) is 0 Å². The lowest BCUT2D eigenvalue weighted by atomic mass is 10.2. The van der Waals surface area contributed by atoms with Gasteiger partial charge in [0.1, 0.15) is 0 Å². The van der Waals surface area contributed by atoms with E-state index in [1.165, 1.54) is 28.7 Å². The van der Waals surface area contributed by atoms with Crippen molar-refractivity contribution in [2.75, 3.05) is 10.2 Å². The molecule has 2 amide bonds. The van der Waals surface area contributed by atoms with E-state index in [4.69, 9.17) is 0 Å². The molecule has 3 heterocycles. The van der Waals surface area contributed by atoms with Gasteiger partial charge < -0.3 is 0 Å². The van der Waals surface area contributed by atoms with E-state index in [0.717, 1.165) is 27.2 Å². The highest BCUT2D eigenvalue weighted by molar-refractivity contribution is 8.02. The van der Waals surface area contributed by atoms with Crippen molar-refractivity contribution in [2.45, 2.75) is 36.0 Å². The Morgan fingerprint density at radius 2 is 2.15 bits per heavy atom. The van der Waals surface area contributed by atoms with Crippen molar-refractivity contribution in [1.82, 2.24) is 4.98 Å². The average Bonchev–Trinajstić information content (AvgIpc) is 3.32. The molecule has 27 heavy (non-hydrogen) atoms. The van der Waals surface area contributed by atoms with Gasteiger partial charge in [-0.05, 0) is 42.7 Å². The number of amides is 2. The number of benzene rings is 2. The van der Waals surface area contributed by atoms with Crippen molar-refractivity contribution in [3.8, 4) is 0 Å². The van der Waals surface area contributed by atoms with Gasteiger partial charge in [0.05, 0.1) is 15.9 Å². The Kier molecular flexibility index (Phi) is 3.77. The number of rotatable bonds is 3. The predicted octanol–water partition coefficient (Wildman–Crippen LogP) is 4.43. The van der Waals surface area contributed by atoms with E-state index in [0.29, 0.717) is 18.0 Å². The Morgan fingerprint density at radius 1 is 1.30 bits per heavy atom. The van der Waals surface area contributed by atoms with Gasteiger partial charge >= 0.3 is 0 Å². The third-order valence-electron chi connectivity index (χ3n) is 5.11. The van der Waals surface area contributed by atoms with Gasteiger partial charge in [0.15, 0.2) is 10.0 Å². The lowest BCUT2D eigenvalue weighted by Gasteiger charge is -2.29. The molecular weight excluding hydrogens is 378 g/mol. The first kappa shape index (κ1) is 16.8. The van der Waals surface area contributed by atoms with Crippen LogP contribution in [0.1, 0.15) is 25.3 Å². The van der Waals surface area contributed by atoms with E-state index in [2.05, 4.69) is 29.4 Å². The molecule has 2 aliphatic heterocycles. The van der Waals surface area contributed by atoms with Crippen LogP contribution in [-0.2, 0) is 16.0 Å². The highest BCUT2D eigenvalue weighted by atomic mass is 32.2. The number of thioether (sulfide) groups is 1. The molecule has 1 fully saturated rings. The summed E-state index contributed by atoms with van der Waals surface area (Å²) in [6.45, 7) is 2.12. The van der Waals surface area contributed by atoms with Gasteiger partial charge in [-0.15, -0.1) is 0 Å². The van der Waals surface area contributed by atoms with Gasteiger partial charge in [-0.3, -0.25) is 19.8 Å². The molecule has 0 bridgehead atoms. The summed E-state index contributed by atoms with van der Waals surface area (Å²) in [5.74, 6) is -0.177. The number of hydrogen-bond acceptors (Lipinski definition) is 5. The highest BCUT2D eigenvalue weighted by Gasteiger charge is 2.57. The zero-order valence-corrected chi connectivity index (χ0v) is 16.3. The van der Waals surface area contributed by atoms with Crippen LogP contribution in [0.3, 0.4) is 0 Å². The number of aryl methyl sites for hydroxylation is 1. The summed E-state index contributed by atoms with van der Waals surface area (Å²) < 4.78 is 1.06. The smallest absolute Gasteiger partial charge is 0.263 e. The van der Waals surface area contributed by atoms with Crippen LogP contribution in [0.25, 0.3) is 10.2 Å². The van der Waals surface area contributed by atoms with Crippen LogP contribution < -0.4 is 10.2 Å². The summed E-state index contributed by atoms with van der Waals surface area (Å²) in [6.07, 6.45) is 1.85. The lowest BCUT2D eigenvalue weighted by Crippen LogP contribution is -2.49. The zero-order valence-electron chi connectivity index (χ0n) is 14.7. The number of carbonyl (C=O) groups is 2. The van der Waals surface area contributed by atoms with Gasteiger partial charge in [0, 0.05) is 11.3 Å². The molecule has 5 rings (SSSR count). The van der Waals surface area contributed by atoms with Crippen molar-refractivity contribution in [3.05, 3.63) is 48.0 Å². The maximum atomic E-state index is 13.3. The van der Waals surface area contributed by atoms with Crippen LogP contribution in [0.5, 0.6) is 0 Å². The molecule has 5 nitrogen and oxygen atoms in total. The number of para-hydroxylation sites is 1. The number of aromatic nitrogens is 1. The Morgan fingerprint density at radius 3 is 3.00 bits per heavy atom. The molecular formula is C20H17N3O2S2. The van der Waals surface area contributed by atoms with E-state index >= 15 is 0 Å². The Balaban J connectivity index is 1.48. The summed E-state index contributed by atoms with van der Waals surface area (Å²) in [5, 5.41) is 3.56.